The molecule has 70 valence electrons. The Kier molecular flexibility index (Phi) is 3.50. The Morgan fingerprint density at radius 1 is 1.54 bits per heavy atom. The first-order valence-electron chi connectivity index (χ1n) is 4.39. The Balaban J connectivity index is 2.58. The highest BCUT2D eigenvalue weighted by Crippen LogP contribution is 2.14. The Hall–Kier alpha value is -1.31. The van der Waals surface area contributed by atoms with E-state index in [1.807, 2.05) is 38.1 Å². The van der Waals surface area contributed by atoms with Crippen LogP contribution >= 0.6 is 0 Å². The number of carbonyl (C=O) groups is 1. The molecule has 1 unspecified atom stereocenters. The van der Waals surface area contributed by atoms with Gasteiger partial charge in [0.05, 0.1) is 0 Å². The molecule has 1 aromatic carbocycles. The number of aryl methyl sites for hydroxylation is 1. The van der Waals surface area contributed by atoms with Crippen LogP contribution in [-0.4, -0.2) is 12.4 Å². The third-order valence-electron chi connectivity index (χ3n) is 1.75. The summed E-state index contributed by atoms with van der Waals surface area (Å²) in [4.78, 5) is 10.2. The molecule has 0 heterocycles. The first kappa shape index (κ1) is 9.78. The van der Waals surface area contributed by atoms with E-state index in [2.05, 4.69) is 0 Å². The lowest BCUT2D eigenvalue weighted by atomic mass is 10.2. The largest absolute Gasteiger partial charge is 0.490 e. The smallest absolute Gasteiger partial charge is 0.123 e. The van der Waals surface area contributed by atoms with Crippen molar-refractivity contribution in [2.24, 2.45) is 0 Å². The van der Waals surface area contributed by atoms with Gasteiger partial charge in [-0.3, -0.25) is 0 Å². The normalized spacial score (nSPS) is 12.2. The lowest BCUT2D eigenvalue weighted by molar-refractivity contribution is -0.109. The molecule has 0 bridgehead atoms. The van der Waals surface area contributed by atoms with Crippen molar-refractivity contribution in [2.75, 3.05) is 0 Å². The van der Waals surface area contributed by atoms with Crippen molar-refractivity contribution in [3.05, 3.63) is 29.8 Å². The summed E-state index contributed by atoms with van der Waals surface area (Å²) in [6, 6.07) is 7.81. The Labute approximate surface area is 78.5 Å². The van der Waals surface area contributed by atoms with E-state index in [-0.39, 0.29) is 6.10 Å². The van der Waals surface area contributed by atoms with Gasteiger partial charge in [0, 0.05) is 6.42 Å². The van der Waals surface area contributed by atoms with Gasteiger partial charge < -0.3 is 9.53 Å². The lowest BCUT2D eigenvalue weighted by Crippen LogP contribution is -2.11. The van der Waals surface area contributed by atoms with Crippen molar-refractivity contribution >= 4 is 6.29 Å². The van der Waals surface area contributed by atoms with Gasteiger partial charge in [-0.15, -0.1) is 0 Å². The molecule has 0 aromatic heterocycles. The van der Waals surface area contributed by atoms with Crippen molar-refractivity contribution in [1.82, 2.24) is 0 Å². The molecule has 0 radical (unpaired) electrons. The zero-order chi connectivity index (χ0) is 9.68. The van der Waals surface area contributed by atoms with Crippen molar-refractivity contribution in [1.29, 1.82) is 0 Å². The van der Waals surface area contributed by atoms with Gasteiger partial charge >= 0.3 is 0 Å². The number of aldehydes is 1. The molecular formula is C11H14O2. The molecule has 1 rings (SSSR count). The summed E-state index contributed by atoms with van der Waals surface area (Å²) >= 11 is 0. The maximum atomic E-state index is 10.2. The first-order chi connectivity index (χ1) is 6.22. The maximum absolute atomic E-state index is 10.2. The van der Waals surface area contributed by atoms with E-state index in [0.717, 1.165) is 17.6 Å². The number of rotatable bonds is 4. The minimum absolute atomic E-state index is 0.0423. The van der Waals surface area contributed by atoms with Crippen LogP contribution in [0.4, 0.5) is 0 Å². The van der Waals surface area contributed by atoms with E-state index < -0.39 is 0 Å². The van der Waals surface area contributed by atoms with E-state index in [1.54, 1.807) is 0 Å². The number of hydrogen-bond acceptors (Lipinski definition) is 2. The van der Waals surface area contributed by atoms with E-state index in [1.165, 1.54) is 0 Å². The molecule has 0 spiro atoms. The molecule has 0 aliphatic heterocycles. The minimum atomic E-state index is -0.0423. The molecule has 0 aliphatic rings. The van der Waals surface area contributed by atoms with Crippen LogP contribution in [-0.2, 0) is 4.79 Å². The summed E-state index contributed by atoms with van der Waals surface area (Å²) in [5, 5.41) is 0. The van der Waals surface area contributed by atoms with Gasteiger partial charge in [-0.2, -0.15) is 0 Å². The van der Waals surface area contributed by atoms with Gasteiger partial charge in [0.25, 0.3) is 0 Å². The average Bonchev–Trinajstić information content (AvgIpc) is 2.04. The van der Waals surface area contributed by atoms with Gasteiger partial charge in [-0.05, 0) is 31.5 Å². The van der Waals surface area contributed by atoms with Crippen molar-refractivity contribution in [2.45, 2.75) is 26.4 Å². The molecule has 0 saturated heterocycles. The van der Waals surface area contributed by atoms with Crippen LogP contribution < -0.4 is 4.74 Å². The van der Waals surface area contributed by atoms with Crippen molar-refractivity contribution < 1.29 is 9.53 Å². The predicted octanol–water partition coefficient (Wildman–Crippen LogP) is 2.35. The molecule has 1 atom stereocenters. The highest BCUT2D eigenvalue weighted by atomic mass is 16.5. The van der Waals surface area contributed by atoms with Crippen LogP contribution in [0.15, 0.2) is 24.3 Å². The summed E-state index contributed by atoms with van der Waals surface area (Å²) in [6.07, 6.45) is 1.27. The molecule has 2 nitrogen and oxygen atoms in total. The third kappa shape index (κ3) is 3.28. The van der Waals surface area contributed by atoms with Crippen LogP contribution in [0.2, 0.25) is 0 Å². The SMILES string of the molecule is Cc1cccc(OC(C)CC=O)c1. The standard InChI is InChI=1S/C11H14O2/c1-9-4-3-5-11(8-9)13-10(2)6-7-12/h3-5,7-8,10H,6H2,1-2H3. The van der Waals surface area contributed by atoms with Gasteiger partial charge in [0.15, 0.2) is 0 Å². The quantitative estimate of drug-likeness (QED) is 0.661. The first-order valence-corrected chi connectivity index (χ1v) is 4.39. The topological polar surface area (TPSA) is 26.3 Å². The lowest BCUT2D eigenvalue weighted by Gasteiger charge is -2.11. The summed E-state index contributed by atoms with van der Waals surface area (Å²) < 4.78 is 5.50. The second kappa shape index (κ2) is 4.65. The number of ether oxygens (including phenoxy) is 1. The van der Waals surface area contributed by atoms with E-state index >= 15 is 0 Å². The van der Waals surface area contributed by atoms with Gasteiger partial charge in [-0.25, -0.2) is 0 Å². The molecule has 0 amide bonds. The second-order valence-corrected chi connectivity index (χ2v) is 3.15. The number of benzene rings is 1. The zero-order valence-electron chi connectivity index (χ0n) is 7.99. The molecular weight excluding hydrogens is 164 g/mol. The number of hydrogen-bond donors (Lipinski definition) is 0. The summed E-state index contributed by atoms with van der Waals surface area (Å²) in [5.74, 6) is 0.828. The fourth-order valence-corrected chi connectivity index (χ4v) is 1.10. The molecule has 0 saturated carbocycles. The van der Waals surface area contributed by atoms with Crippen LogP contribution in [0, 0.1) is 6.92 Å². The average molecular weight is 178 g/mol. The molecule has 2 heteroatoms. The molecule has 0 aliphatic carbocycles. The van der Waals surface area contributed by atoms with Crippen LogP contribution in [0.25, 0.3) is 0 Å². The molecule has 13 heavy (non-hydrogen) atoms. The molecule has 0 fully saturated rings. The molecule has 0 N–H and O–H groups in total. The highest BCUT2D eigenvalue weighted by Gasteiger charge is 2.02. The van der Waals surface area contributed by atoms with E-state index in [0.29, 0.717) is 6.42 Å². The maximum Gasteiger partial charge on any atom is 0.123 e. The number of carbonyl (C=O) groups excluding carboxylic acids is 1. The van der Waals surface area contributed by atoms with Crippen LogP contribution in [0.1, 0.15) is 18.9 Å². The molecule has 1 aromatic rings. The monoisotopic (exact) mass is 178 g/mol. The van der Waals surface area contributed by atoms with Crippen molar-refractivity contribution in [3.8, 4) is 5.75 Å². The van der Waals surface area contributed by atoms with Crippen LogP contribution in [0.3, 0.4) is 0 Å². The highest BCUT2D eigenvalue weighted by molar-refractivity contribution is 5.50. The Bertz CT molecular complexity index is 281. The Morgan fingerprint density at radius 2 is 2.31 bits per heavy atom. The van der Waals surface area contributed by atoms with E-state index in [4.69, 9.17) is 4.74 Å². The van der Waals surface area contributed by atoms with Gasteiger partial charge in [0.2, 0.25) is 0 Å². The Morgan fingerprint density at radius 3 is 2.92 bits per heavy atom. The third-order valence-corrected chi connectivity index (χ3v) is 1.75. The second-order valence-electron chi connectivity index (χ2n) is 3.15. The fraction of sp³-hybridized carbons (Fsp3) is 0.364. The minimum Gasteiger partial charge on any atom is -0.490 e. The van der Waals surface area contributed by atoms with E-state index in [9.17, 15) is 4.79 Å². The predicted molar refractivity (Wildman–Crippen MR) is 52.0 cm³/mol. The summed E-state index contributed by atoms with van der Waals surface area (Å²) in [6.45, 7) is 3.90. The summed E-state index contributed by atoms with van der Waals surface area (Å²) in [5.41, 5.74) is 1.16. The fourth-order valence-electron chi connectivity index (χ4n) is 1.10. The van der Waals surface area contributed by atoms with Crippen molar-refractivity contribution in [3.63, 3.8) is 0 Å². The summed E-state index contributed by atoms with van der Waals surface area (Å²) in [7, 11) is 0. The van der Waals surface area contributed by atoms with Gasteiger partial charge in [-0.1, -0.05) is 12.1 Å². The van der Waals surface area contributed by atoms with Gasteiger partial charge in [0.1, 0.15) is 18.1 Å². The van der Waals surface area contributed by atoms with Crippen LogP contribution in [0.5, 0.6) is 5.75 Å². The zero-order valence-corrected chi connectivity index (χ0v) is 7.99.